The first-order valence-corrected chi connectivity index (χ1v) is 9.86. The second-order valence-electron chi connectivity index (χ2n) is 6.69. The zero-order valence-electron chi connectivity index (χ0n) is 15.8. The second kappa shape index (κ2) is 7.93. The van der Waals surface area contributed by atoms with Gasteiger partial charge in [-0.2, -0.15) is 4.98 Å². The summed E-state index contributed by atoms with van der Waals surface area (Å²) in [6.07, 6.45) is 1.57. The Hall–Kier alpha value is -2.38. The fourth-order valence-electron chi connectivity index (χ4n) is 3.64. The van der Waals surface area contributed by atoms with E-state index in [9.17, 15) is 0 Å². The van der Waals surface area contributed by atoms with E-state index in [1.54, 1.807) is 14.2 Å². The van der Waals surface area contributed by atoms with Crippen molar-refractivity contribution in [3.05, 3.63) is 58.4 Å². The third kappa shape index (κ3) is 3.40. The third-order valence-electron chi connectivity index (χ3n) is 5.21. The summed E-state index contributed by atoms with van der Waals surface area (Å²) in [5, 5.41) is 4.26. The lowest BCUT2D eigenvalue weighted by Crippen LogP contribution is -2.35. The topological polar surface area (TPSA) is 66.6 Å². The van der Waals surface area contributed by atoms with Crippen LogP contribution in [0.1, 0.15) is 24.3 Å². The lowest BCUT2D eigenvalue weighted by molar-refractivity contribution is 0.0523. The normalized spacial score (nSPS) is 16.0. The molecule has 1 fully saturated rings. The van der Waals surface area contributed by atoms with E-state index in [1.807, 2.05) is 30.3 Å². The van der Waals surface area contributed by atoms with E-state index in [2.05, 4.69) is 33.2 Å². The number of hydrogen-bond acceptors (Lipinski definition) is 6. The van der Waals surface area contributed by atoms with Crippen molar-refractivity contribution in [2.75, 3.05) is 27.4 Å². The summed E-state index contributed by atoms with van der Waals surface area (Å²) in [7, 11) is 3.23. The summed E-state index contributed by atoms with van der Waals surface area (Å²) >= 11 is 3.57. The molecule has 6 nitrogen and oxygen atoms in total. The molecule has 0 radical (unpaired) electrons. The van der Waals surface area contributed by atoms with Gasteiger partial charge in [0.2, 0.25) is 11.7 Å². The van der Waals surface area contributed by atoms with Crippen molar-refractivity contribution in [1.82, 2.24) is 10.1 Å². The molecular weight excluding hydrogens is 424 g/mol. The van der Waals surface area contributed by atoms with Gasteiger partial charge in [0.15, 0.2) is 0 Å². The van der Waals surface area contributed by atoms with Crippen molar-refractivity contribution >= 4 is 15.9 Å². The van der Waals surface area contributed by atoms with Crippen LogP contribution in [0.2, 0.25) is 0 Å². The summed E-state index contributed by atoms with van der Waals surface area (Å²) in [5.41, 5.74) is 1.53. The van der Waals surface area contributed by atoms with Crippen LogP contribution in [-0.4, -0.2) is 37.6 Å². The average Bonchev–Trinajstić information content (AvgIpc) is 3.24. The Bertz CT molecular complexity index is 967. The van der Waals surface area contributed by atoms with Crippen LogP contribution >= 0.6 is 15.9 Å². The van der Waals surface area contributed by atoms with Gasteiger partial charge in [-0.05, 0) is 42.7 Å². The molecule has 0 atom stereocenters. The fraction of sp³-hybridized carbons (Fsp3) is 0.333. The van der Waals surface area contributed by atoms with E-state index in [0.29, 0.717) is 36.4 Å². The van der Waals surface area contributed by atoms with Gasteiger partial charge in [-0.15, -0.1) is 0 Å². The van der Waals surface area contributed by atoms with Gasteiger partial charge in [0, 0.05) is 23.8 Å². The van der Waals surface area contributed by atoms with E-state index in [0.717, 1.165) is 28.4 Å². The number of rotatable bonds is 5. The van der Waals surface area contributed by atoms with Crippen molar-refractivity contribution in [3.8, 4) is 22.9 Å². The van der Waals surface area contributed by atoms with Crippen molar-refractivity contribution < 1.29 is 18.7 Å². The highest BCUT2D eigenvalue weighted by atomic mass is 79.9. The molecule has 0 bridgehead atoms. The summed E-state index contributed by atoms with van der Waals surface area (Å²) < 4.78 is 23.2. The van der Waals surface area contributed by atoms with Gasteiger partial charge in [0.05, 0.1) is 25.2 Å². The average molecular weight is 445 g/mol. The van der Waals surface area contributed by atoms with Crippen LogP contribution in [-0.2, 0) is 10.2 Å². The Balaban J connectivity index is 1.78. The third-order valence-corrected chi connectivity index (χ3v) is 5.70. The van der Waals surface area contributed by atoms with Crippen LogP contribution in [0.5, 0.6) is 11.5 Å². The molecule has 7 heteroatoms. The molecule has 28 heavy (non-hydrogen) atoms. The number of halogens is 1. The molecule has 1 aliphatic heterocycles. The van der Waals surface area contributed by atoms with E-state index in [4.69, 9.17) is 23.7 Å². The predicted octanol–water partition coefficient (Wildman–Crippen LogP) is 4.61. The number of nitrogens with zero attached hydrogens (tertiary/aromatic N) is 2. The molecule has 0 N–H and O–H groups in total. The maximum Gasteiger partial charge on any atom is 0.237 e. The Morgan fingerprint density at radius 3 is 2.57 bits per heavy atom. The van der Waals surface area contributed by atoms with Gasteiger partial charge in [0.1, 0.15) is 11.5 Å². The summed E-state index contributed by atoms with van der Waals surface area (Å²) in [5.74, 6) is 2.44. The second-order valence-corrected chi connectivity index (χ2v) is 7.61. The van der Waals surface area contributed by atoms with Crippen molar-refractivity contribution in [3.63, 3.8) is 0 Å². The van der Waals surface area contributed by atoms with E-state index in [-0.39, 0.29) is 5.41 Å². The lowest BCUT2D eigenvalue weighted by Gasteiger charge is -2.34. The number of methoxy groups -OCH3 is 2. The summed E-state index contributed by atoms with van der Waals surface area (Å²) in [4.78, 5) is 4.78. The zero-order chi connectivity index (χ0) is 19.6. The number of ether oxygens (including phenoxy) is 3. The zero-order valence-corrected chi connectivity index (χ0v) is 17.4. The van der Waals surface area contributed by atoms with E-state index >= 15 is 0 Å². The first kappa shape index (κ1) is 19.0. The van der Waals surface area contributed by atoms with Crippen molar-refractivity contribution in [1.29, 1.82) is 0 Å². The van der Waals surface area contributed by atoms with Crippen LogP contribution in [0.25, 0.3) is 11.4 Å². The summed E-state index contributed by atoms with van der Waals surface area (Å²) in [6, 6.07) is 13.8. The van der Waals surface area contributed by atoms with Crippen molar-refractivity contribution in [2.45, 2.75) is 18.3 Å². The lowest BCUT2D eigenvalue weighted by atomic mass is 9.74. The van der Waals surface area contributed by atoms with Gasteiger partial charge in [0.25, 0.3) is 0 Å². The minimum Gasteiger partial charge on any atom is -0.497 e. The highest BCUT2D eigenvalue weighted by Gasteiger charge is 2.41. The molecule has 146 valence electrons. The molecule has 1 saturated heterocycles. The van der Waals surface area contributed by atoms with Gasteiger partial charge < -0.3 is 18.7 Å². The largest absolute Gasteiger partial charge is 0.497 e. The van der Waals surface area contributed by atoms with Crippen LogP contribution < -0.4 is 9.47 Å². The molecule has 1 aliphatic rings. The maximum absolute atomic E-state index is 5.79. The minimum atomic E-state index is -0.368. The van der Waals surface area contributed by atoms with Gasteiger partial charge in [-0.3, -0.25) is 0 Å². The molecule has 0 saturated carbocycles. The molecule has 0 amide bonds. The Labute approximate surface area is 171 Å². The monoisotopic (exact) mass is 444 g/mol. The highest BCUT2D eigenvalue weighted by molar-refractivity contribution is 9.10. The maximum atomic E-state index is 5.79. The van der Waals surface area contributed by atoms with E-state index in [1.165, 1.54) is 0 Å². The molecular formula is C21H21BrN2O4. The quantitative estimate of drug-likeness (QED) is 0.572. The first-order chi connectivity index (χ1) is 13.7. The summed E-state index contributed by atoms with van der Waals surface area (Å²) in [6.45, 7) is 1.30. The SMILES string of the molecule is COc1ccc(-c2noc(C3(c4cccc(Br)c4)CCOCC3)n2)c(OC)c1. The standard InChI is InChI=1S/C21H21BrN2O4/c1-25-16-6-7-17(18(13-16)26-2)19-23-20(28-24-19)21(8-10-27-11-9-21)14-4-3-5-15(22)12-14/h3-7,12-13H,8-11H2,1-2H3. The Morgan fingerprint density at radius 2 is 1.86 bits per heavy atom. The minimum absolute atomic E-state index is 0.368. The molecule has 0 unspecified atom stereocenters. The predicted molar refractivity (Wildman–Crippen MR) is 108 cm³/mol. The van der Waals surface area contributed by atoms with Crippen LogP contribution in [0, 0.1) is 0 Å². The van der Waals surface area contributed by atoms with Gasteiger partial charge >= 0.3 is 0 Å². The molecule has 0 spiro atoms. The van der Waals surface area contributed by atoms with Gasteiger partial charge in [-0.25, -0.2) is 0 Å². The first-order valence-electron chi connectivity index (χ1n) is 9.07. The van der Waals surface area contributed by atoms with Crippen molar-refractivity contribution in [2.24, 2.45) is 0 Å². The smallest absolute Gasteiger partial charge is 0.237 e. The molecule has 2 aromatic carbocycles. The van der Waals surface area contributed by atoms with Crippen LogP contribution in [0.3, 0.4) is 0 Å². The number of benzene rings is 2. The molecule has 1 aromatic heterocycles. The molecule has 4 rings (SSSR count). The molecule has 3 aromatic rings. The number of aromatic nitrogens is 2. The fourth-order valence-corrected chi connectivity index (χ4v) is 4.04. The number of hydrogen-bond donors (Lipinski definition) is 0. The van der Waals surface area contributed by atoms with Gasteiger partial charge in [-0.1, -0.05) is 33.2 Å². The Morgan fingerprint density at radius 1 is 1.04 bits per heavy atom. The Kier molecular flexibility index (Phi) is 5.37. The van der Waals surface area contributed by atoms with Crippen LogP contribution in [0.4, 0.5) is 0 Å². The van der Waals surface area contributed by atoms with E-state index < -0.39 is 0 Å². The molecule has 2 heterocycles. The van der Waals surface area contributed by atoms with Crippen LogP contribution in [0.15, 0.2) is 51.5 Å². The molecule has 0 aliphatic carbocycles. The highest BCUT2D eigenvalue weighted by Crippen LogP contribution is 2.42.